The predicted octanol–water partition coefficient (Wildman–Crippen LogP) is 3.52. The molecule has 0 amide bonds. The van der Waals surface area contributed by atoms with Gasteiger partial charge in [-0.25, -0.2) is 0 Å². The van der Waals surface area contributed by atoms with Crippen LogP contribution in [0.3, 0.4) is 0 Å². The fourth-order valence-corrected chi connectivity index (χ4v) is 3.46. The van der Waals surface area contributed by atoms with Gasteiger partial charge in [0.2, 0.25) is 0 Å². The number of benzene rings is 1. The second kappa shape index (κ2) is 3.75. The number of nitrogens with one attached hydrogen (secondary N) is 1. The number of hydrogen-bond acceptors (Lipinski definition) is 1. The van der Waals surface area contributed by atoms with Gasteiger partial charge < -0.3 is 9.88 Å². The van der Waals surface area contributed by atoms with E-state index >= 15 is 0 Å². The summed E-state index contributed by atoms with van der Waals surface area (Å²) in [5.74, 6) is 0. The Morgan fingerprint density at radius 1 is 1.33 bits per heavy atom. The highest BCUT2D eigenvalue weighted by Gasteiger charge is 2.32. The van der Waals surface area contributed by atoms with Crippen molar-refractivity contribution >= 4 is 22.5 Å². The normalized spacial score (nSPS) is 18.1. The van der Waals surface area contributed by atoms with E-state index in [2.05, 4.69) is 43.8 Å². The molecule has 0 saturated carbocycles. The molecule has 1 aliphatic rings. The van der Waals surface area contributed by atoms with E-state index in [9.17, 15) is 0 Å². The first-order chi connectivity index (χ1) is 8.43. The van der Waals surface area contributed by atoms with Gasteiger partial charge in [0.25, 0.3) is 0 Å². The highest BCUT2D eigenvalue weighted by atomic mass is 35.5. The van der Waals surface area contributed by atoms with Crippen LogP contribution in [-0.2, 0) is 19.0 Å². The van der Waals surface area contributed by atoms with Gasteiger partial charge in [0, 0.05) is 41.7 Å². The van der Waals surface area contributed by atoms with Crippen LogP contribution >= 0.6 is 11.6 Å². The maximum absolute atomic E-state index is 6.27. The maximum Gasteiger partial charge on any atom is 0.0528 e. The summed E-state index contributed by atoms with van der Waals surface area (Å²) in [6, 6.07) is 4.20. The summed E-state index contributed by atoms with van der Waals surface area (Å²) in [5.41, 5.74) is 5.52. The summed E-state index contributed by atoms with van der Waals surface area (Å²) < 4.78 is 2.31. The van der Waals surface area contributed by atoms with Gasteiger partial charge in [-0.2, -0.15) is 0 Å². The van der Waals surface area contributed by atoms with Gasteiger partial charge in [-0.05, 0) is 24.1 Å². The van der Waals surface area contributed by atoms with Gasteiger partial charge in [-0.15, -0.1) is 0 Å². The Hall–Kier alpha value is -0.990. The van der Waals surface area contributed by atoms with Crippen LogP contribution in [0.1, 0.15) is 30.7 Å². The minimum atomic E-state index is 0.174. The zero-order chi connectivity index (χ0) is 13.1. The van der Waals surface area contributed by atoms with E-state index in [1.807, 2.05) is 6.07 Å². The third kappa shape index (κ3) is 1.45. The molecule has 0 aliphatic carbocycles. The van der Waals surface area contributed by atoms with Crippen LogP contribution < -0.4 is 5.32 Å². The zero-order valence-corrected chi connectivity index (χ0v) is 12.2. The van der Waals surface area contributed by atoms with Crippen molar-refractivity contribution in [2.45, 2.75) is 32.7 Å². The van der Waals surface area contributed by atoms with Crippen LogP contribution in [0.2, 0.25) is 5.02 Å². The molecular weight excluding hydrogens is 244 g/mol. The van der Waals surface area contributed by atoms with Crippen molar-refractivity contribution < 1.29 is 0 Å². The topological polar surface area (TPSA) is 17.0 Å². The Kier molecular flexibility index (Phi) is 2.51. The van der Waals surface area contributed by atoms with E-state index in [1.54, 1.807) is 0 Å². The minimum absolute atomic E-state index is 0.174. The molecule has 1 aromatic carbocycles. The van der Waals surface area contributed by atoms with E-state index in [4.69, 9.17) is 11.6 Å². The number of nitrogens with zero attached hydrogens (tertiary/aromatic N) is 1. The summed E-state index contributed by atoms with van der Waals surface area (Å²) in [6.45, 7) is 8.70. The first-order valence-corrected chi connectivity index (χ1v) is 6.79. The minimum Gasteiger partial charge on any atom is -0.346 e. The number of aromatic nitrogens is 1. The molecule has 0 bridgehead atoms. The van der Waals surface area contributed by atoms with Crippen molar-refractivity contribution in [3.8, 4) is 0 Å². The van der Waals surface area contributed by atoms with Crippen LogP contribution in [0.5, 0.6) is 0 Å². The van der Waals surface area contributed by atoms with E-state index in [0.29, 0.717) is 0 Å². The third-order valence-corrected chi connectivity index (χ3v) is 4.61. The van der Waals surface area contributed by atoms with Gasteiger partial charge in [-0.1, -0.05) is 31.5 Å². The number of halogens is 1. The molecule has 0 spiro atoms. The van der Waals surface area contributed by atoms with E-state index in [-0.39, 0.29) is 5.41 Å². The van der Waals surface area contributed by atoms with Crippen molar-refractivity contribution in [3.05, 3.63) is 34.0 Å². The van der Waals surface area contributed by atoms with E-state index in [0.717, 1.165) is 18.1 Å². The van der Waals surface area contributed by atoms with Gasteiger partial charge in [0.15, 0.2) is 0 Å². The molecule has 2 nitrogen and oxygen atoms in total. The van der Waals surface area contributed by atoms with Gasteiger partial charge in [0.1, 0.15) is 0 Å². The largest absolute Gasteiger partial charge is 0.346 e. The molecule has 0 atom stereocenters. The van der Waals surface area contributed by atoms with Crippen molar-refractivity contribution in [3.63, 3.8) is 0 Å². The Balaban J connectivity index is 2.48. The lowest BCUT2D eigenvalue weighted by molar-refractivity contribution is 0.429. The Labute approximate surface area is 113 Å². The van der Waals surface area contributed by atoms with Crippen LogP contribution in [0.15, 0.2) is 12.1 Å². The monoisotopic (exact) mass is 262 g/mol. The van der Waals surface area contributed by atoms with E-state index in [1.165, 1.54) is 27.7 Å². The quantitative estimate of drug-likeness (QED) is 0.769. The molecular formula is C15H19ClN2. The Morgan fingerprint density at radius 2 is 2.06 bits per heavy atom. The summed E-state index contributed by atoms with van der Waals surface area (Å²) in [6.07, 6.45) is 0. The number of hydrogen-bond donors (Lipinski definition) is 1. The molecule has 0 saturated heterocycles. The smallest absolute Gasteiger partial charge is 0.0528 e. The zero-order valence-electron chi connectivity index (χ0n) is 11.4. The lowest BCUT2D eigenvalue weighted by atomic mass is 9.80. The first-order valence-electron chi connectivity index (χ1n) is 6.41. The molecule has 1 aromatic heterocycles. The lowest BCUT2D eigenvalue weighted by Gasteiger charge is -2.31. The maximum atomic E-state index is 6.27. The number of fused-ring (bicyclic) bond motifs is 3. The Morgan fingerprint density at radius 3 is 2.78 bits per heavy atom. The predicted molar refractivity (Wildman–Crippen MR) is 77.4 cm³/mol. The number of aryl methyl sites for hydroxylation is 2. The molecule has 0 radical (unpaired) electrons. The van der Waals surface area contributed by atoms with Crippen LogP contribution in [0, 0.1) is 6.92 Å². The van der Waals surface area contributed by atoms with Gasteiger partial charge in [-0.3, -0.25) is 0 Å². The Bertz CT molecular complexity index is 638. The van der Waals surface area contributed by atoms with Crippen LogP contribution in [0.25, 0.3) is 10.9 Å². The average Bonchev–Trinajstić information content (AvgIpc) is 2.59. The van der Waals surface area contributed by atoms with Crippen molar-refractivity contribution in [2.24, 2.45) is 7.05 Å². The molecule has 96 valence electrons. The van der Waals surface area contributed by atoms with Crippen molar-refractivity contribution in [1.82, 2.24) is 9.88 Å². The molecule has 2 aromatic rings. The molecule has 0 unspecified atom stereocenters. The summed E-state index contributed by atoms with van der Waals surface area (Å²) in [7, 11) is 2.15. The molecule has 2 heterocycles. The molecule has 18 heavy (non-hydrogen) atoms. The number of rotatable bonds is 0. The summed E-state index contributed by atoms with van der Waals surface area (Å²) in [5, 5.41) is 5.73. The van der Waals surface area contributed by atoms with Crippen molar-refractivity contribution in [1.29, 1.82) is 0 Å². The van der Waals surface area contributed by atoms with Gasteiger partial charge in [0.05, 0.1) is 5.52 Å². The molecule has 0 fully saturated rings. The fourth-order valence-electron chi connectivity index (χ4n) is 3.31. The first kappa shape index (κ1) is 12.1. The van der Waals surface area contributed by atoms with Crippen molar-refractivity contribution in [2.75, 3.05) is 6.54 Å². The highest BCUT2D eigenvalue weighted by Crippen LogP contribution is 2.39. The second-order valence-corrected chi connectivity index (χ2v) is 6.34. The van der Waals surface area contributed by atoms with E-state index < -0.39 is 0 Å². The average molecular weight is 263 g/mol. The SMILES string of the molecule is Cc1c(Cl)ccc2c3c(n(C)c12)CNCC3(C)C. The molecule has 1 N–H and O–H groups in total. The fraction of sp³-hybridized carbons (Fsp3) is 0.467. The third-order valence-electron chi connectivity index (χ3n) is 4.20. The van der Waals surface area contributed by atoms with Gasteiger partial charge >= 0.3 is 0 Å². The molecule has 1 aliphatic heterocycles. The van der Waals surface area contributed by atoms with Crippen LogP contribution in [0.4, 0.5) is 0 Å². The summed E-state index contributed by atoms with van der Waals surface area (Å²) in [4.78, 5) is 0. The summed E-state index contributed by atoms with van der Waals surface area (Å²) >= 11 is 6.27. The highest BCUT2D eigenvalue weighted by molar-refractivity contribution is 6.32. The lowest BCUT2D eigenvalue weighted by Crippen LogP contribution is -2.38. The molecule has 3 rings (SSSR count). The standard InChI is InChI=1S/C15H19ClN2/c1-9-11(16)6-5-10-13-12(18(4)14(9)10)7-17-8-15(13,2)3/h5-6,17H,7-8H2,1-4H3. The second-order valence-electron chi connectivity index (χ2n) is 5.94. The van der Waals surface area contributed by atoms with Crippen LogP contribution in [-0.4, -0.2) is 11.1 Å². The molecule has 3 heteroatoms.